The van der Waals surface area contributed by atoms with Gasteiger partial charge in [-0.2, -0.15) is 0 Å². The van der Waals surface area contributed by atoms with Crippen LogP contribution in [-0.4, -0.2) is 35.0 Å². The number of hydrogen-bond acceptors (Lipinski definition) is 6. The van der Waals surface area contributed by atoms with Crippen LogP contribution in [0.2, 0.25) is 0 Å². The molecule has 1 aliphatic carbocycles. The molecule has 2 aromatic rings. The van der Waals surface area contributed by atoms with Crippen molar-refractivity contribution in [3.8, 4) is 16.9 Å². The van der Waals surface area contributed by atoms with Crippen LogP contribution >= 0.6 is 0 Å². The van der Waals surface area contributed by atoms with Crippen molar-refractivity contribution in [3.05, 3.63) is 54.1 Å². The quantitative estimate of drug-likeness (QED) is 0.475. The molecule has 1 saturated heterocycles. The van der Waals surface area contributed by atoms with Gasteiger partial charge >= 0.3 is 6.16 Å². The fourth-order valence-electron chi connectivity index (χ4n) is 2.87. The number of nitrogens with one attached hydrogen (secondary N) is 1. The number of hydroxylamine groups is 2. The molecule has 1 aliphatic heterocycles. The van der Waals surface area contributed by atoms with Crippen molar-refractivity contribution in [2.75, 3.05) is 0 Å². The summed E-state index contributed by atoms with van der Waals surface area (Å²) < 4.78 is 5.00. The van der Waals surface area contributed by atoms with Gasteiger partial charge in [0.15, 0.2) is 0 Å². The van der Waals surface area contributed by atoms with Crippen LogP contribution in [0.4, 0.5) is 4.79 Å². The number of rotatable bonds is 5. The third kappa shape index (κ3) is 4.43. The SMILES string of the molecule is O=C(Oc1ccc(-c2ccc(C(=O)NC3CC3)cc2)cc1)ON1C(=O)CCC1=O. The molecule has 8 heteroatoms. The number of amides is 3. The molecule has 0 spiro atoms. The summed E-state index contributed by atoms with van der Waals surface area (Å²) in [6.07, 6.45) is 0.948. The van der Waals surface area contributed by atoms with Crippen LogP contribution in [0.1, 0.15) is 36.0 Å². The maximum absolute atomic E-state index is 12.0. The summed E-state index contributed by atoms with van der Waals surface area (Å²) in [4.78, 5) is 51.3. The van der Waals surface area contributed by atoms with Gasteiger partial charge < -0.3 is 10.1 Å². The van der Waals surface area contributed by atoms with Gasteiger partial charge in [-0.15, -0.1) is 0 Å². The Morgan fingerprint density at radius 3 is 1.97 bits per heavy atom. The first-order valence-corrected chi connectivity index (χ1v) is 9.26. The Morgan fingerprint density at radius 1 is 0.862 bits per heavy atom. The fraction of sp³-hybridized carbons (Fsp3) is 0.238. The average molecular weight is 394 g/mol. The first-order valence-electron chi connectivity index (χ1n) is 9.26. The predicted molar refractivity (Wildman–Crippen MR) is 101 cm³/mol. The number of benzene rings is 2. The van der Waals surface area contributed by atoms with Gasteiger partial charge in [-0.25, -0.2) is 4.79 Å². The molecule has 2 aromatic carbocycles. The van der Waals surface area contributed by atoms with E-state index in [0.29, 0.717) is 16.7 Å². The Bertz CT molecular complexity index is 948. The maximum Gasteiger partial charge on any atom is 0.539 e. The maximum atomic E-state index is 12.0. The third-order valence-corrected chi connectivity index (χ3v) is 4.62. The normalized spacial score (nSPS) is 15.9. The minimum absolute atomic E-state index is 0.0157. The van der Waals surface area contributed by atoms with Gasteiger partial charge in [-0.05, 0) is 48.2 Å². The molecule has 2 fully saturated rings. The molecular weight excluding hydrogens is 376 g/mol. The van der Waals surface area contributed by atoms with Crippen LogP contribution in [0.15, 0.2) is 48.5 Å². The first kappa shape index (κ1) is 18.7. The van der Waals surface area contributed by atoms with Crippen molar-refractivity contribution in [3.63, 3.8) is 0 Å². The van der Waals surface area contributed by atoms with Crippen molar-refractivity contribution in [1.29, 1.82) is 0 Å². The Morgan fingerprint density at radius 2 is 1.41 bits per heavy atom. The lowest BCUT2D eigenvalue weighted by molar-refractivity contribution is -0.174. The highest BCUT2D eigenvalue weighted by Crippen LogP contribution is 2.24. The van der Waals surface area contributed by atoms with Crippen molar-refractivity contribution in [2.45, 2.75) is 31.7 Å². The van der Waals surface area contributed by atoms with E-state index in [4.69, 9.17) is 4.74 Å². The summed E-state index contributed by atoms with van der Waals surface area (Å²) in [5.41, 5.74) is 2.37. The van der Waals surface area contributed by atoms with Crippen molar-refractivity contribution in [1.82, 2.24) is 10.4 Å². The van der Waals surface area contributed by atoms with Gasteiger partial charge in [0, 0.05) is 24.4 Å². The molecule has 8 nitrogen and oxygen atoms in total. The molecule has 148 valence electrons. The predicted octanol–water partition coefficient (Wildman–Crippen LogP) is 2.83. The van der Waals surface area contributed by atoms with Crippen LogP contribution in [0, 0.1) is 0 Å². The van der Waals surface area contributed by atoms with Gasteiger partial charge in [-0.3, -0.25) is 19.2 Å². The summed E-state index contributed by atoms with van der Waals surface area (Å²) in [6.45, 7) is 0. The van der Waals surface area contributed by atoms with Gasteiger partial charge in [0.1, 0.15) is 5.75 Å². The molecule has 0 radical (unpaired) electrons. The van der Waals surface area contributed by atoms with E-state index >= 15 is 0 Å². The summed E-state index contributed by atoms with van der Waals surface area (Å²) in [5.74, 6) is -1.01. The highest BCUT2D eigenvalue weighted by Gasteiger charge is 2.33. The minimum Gasteiger partial charge on any atom is -0.393 e. The number of ether oxygens (including phenoxy) is 1. The molecule has 4 rings (SSSR count). The molecule has 0 bridgehead atoms. The van der Waals surface area contributed by atoms with Crippen LogP contribution in [0.5, 0.6) is 5.75 Å². The second-order valence-electron chi connectivity index (χ2n) is 6.87. The minimum atomic E-state index is -1.16. The van der Waals surface area contributed by atoms with Crippen molar-refractivity contribution in [2.24, 2.45) is 0 Å². The van der Waals surface area contributed by atoms with E-state index in [2.05, 4.69) is 10.2 Å². The van der Waals surface area contributed by atoms with E-state index in [1.165, 1.54) is 0 Å². The summed E-state index contributed by atoms with van der Waals surface area (Å²) >= 11 is 0. The molecule has 29 heavy (non-hydrogen) atoms. The summed E-state index contributed by atoms with van der Waals surface area (Å²) in [5, 5.41) is 3.37. The van der Waals surface area contributed by atoms with Crippen molar-refractivity contribution < 1.29 is 28.8 Å². The van der Waals surface area contributed by atoms with Crippen LogP contribution in [0.25, 0.3) is 11.1 Å². The standard InChI is InChI=1S/C21H18N2O6/c24-18-11-12-19(25)23(18)29-21(27)28-17-9-5-14(6-10-17)13-1-3-15(4-2-13)20(26)22-16-7-8-16/h1-6,9-10,16H,7-8,11-12H2,(H,22,26). The molecule has 1 N–H and O–H groups in total. The fourth-order valence-corrected chi connectivity index (χ4v) is 2.87. The van der Waals surface area contributed by atoms with E-state index in [-0.39, 0.29) is 24.5 Å². The molecule has 0 aromatic heterocycles. The Balaban J connectivity index is 1.36. The Labute approximate surface area is 166 Å². The van der Waals surface area contributed by atoms with E-state index in [1.54, 1.807) is 36.4 Å². The second kappa shape index (κ2) is 7.75. The monoisotopic (exact) mass is 394 g/mol. The van der Waals surface area contributed by atoms with Crippen LogP contribution in [0.3, 0.4) is 0 Å². The summed E-state index contributed by atoms with van der Waals surface area (Å²) in [6, 6.07) is 14.1. The zero-order valence-corrected chi connectivity index (χ0v) is 15.4. The molecular formula is C21H18N2O6. The van der Waals surface area contributed by atoms with Crippen LogP contribution < -0.4 is 10.1 Å². The zero-order valence-electron chi connectivity index (χ0n) is 15.4. The van der Waals surface area contributed by atoms with Gasteiger partial charge in [0.05, 0.1) is 0 Å². The molecule has 3 amide bonds. The van der Waals surface area contributed by atoms with Gasteiger partial charge in [0.2, 0.25) is 0 Å². The number of carbonyl (C=O) groups is 4. The number of imide groups is 1. The molecule has 1 saturated carbocycles. The smallest absolute Gasteiger partial charge is 0.393 e. The molecule has 0 unspecified atom stereocenters. The Kier molecular flexibility index (Phi) is 4.99. The average Bonchev–Trinajstić information content (AvgIpc) is 3.49. The summed E-state index contributed by atoms with van der Waals surface area (Å²) in [7, 11) is 0. The van der Waals surface area contributed by atoms with E-state index < -0.39 is 18.0 Å². The van der Waals surface area contributed by atoms with Gasteiger partial charge in [0.25, 0.3) is 17.7 Å². The largest absolute Gasteiger partial charge is 0.539 e. The second-order valence-corrected chi connectivity index (χ2v) is 6.87. The lowest BCUT2D eigenvalue weighted by Gasteiger charge is -2.12. The number of hydrogen-bond donors (Lipinski definition) is 1. The molecule has 1 heterocycles. The number of nitrogens with zero attached hydrogens (tertiary/aromatic N) is 1. The Hall–Kier alpha value is -3.68. The van der Waals surface area contributed by atoms with E-state index in [1.807, 2.05) is 12.1 Å². The van der Waals surface area contributed by atoms with E-state index in [9.17, 15) is 19.2 Å². The lowest BCUT2D eigenvalue weighted by Crippen LogP contribution is -2.33. The lowest BCUT2D eigenvalue weighted by atomic mass is 10.0. The molecule has 2 aliphatic rings. The third-order valence-electron chi connectivity index (χ3n) is 4.62. The zero-order chi connectivity index (χ0) is 20.4. The topological polar surface area (TPSA) is 102 Å². The van der Waals surface area contributed by atoms with Crippen molar-refractivity contribution >= 4 is 23.9 Å². The highest BCUT2D eigenvalue weighted by molar-refractivity contribution is 6.01. The number of carbonyl (C=O) groups excluding carboxylic acids is 4. The molecule has 0 atom stereocenters. The first-order chi connectivity index (χ1) is 14.0. The van der Waals surface area contributed by atoms with E-state index in [0.717, 1.165) is 24.0 Å². The highest BCUT2D eigenvalue weighted by atomic mass is 16.8. The van der Waals surface area contributed by atoms with Gasteiger partial charge in [-0.1, -0.05) is 29.3 Å². The van der Waals surface area contributed by atoms with Crippen LogP contribution in [-0.2, 0) is 14.4 Å².